The summed E-state index contributed by atoms with van der Waals surface area (Å²) in [5.41, 5.74) is 2.53. The molecule has 0 aliphatic carbocycles. The van der Waals surface area contributed by atoms with Gasteiger partial charge in [0.2, 0.25) is 0 Å². The maximum absolute atomic E-state index is 14.3. The normalized spacial score (nSPS) is 14.7. The molecule has 0 atom stereocenters. The Hall–Kier alpha value is -3.93. The van der Waals surface area contributed by atoms with Gasteiger partial charge in [-0.1, -0.05) is 36.4 Å². The summed E-state index contributed by atoms with van der Waals surface area (Å²) in [5, 5.41) is 0. The molecule has 1 heterocycles. The number of aliphatic imine (C=N–C) groups is 1. The molecule has 0 bridgehead atoms. The number of halogens is 1. The van der Waals surface area contributed by atoms with E-state index in [2.05, 4.69) is 4.99 Å². The molecule has 4 rings (SSSR count). The third-order valence-corrected chi connectivity index (χ3v) is 5.03. The summed E-state index contributed by atoms with van der Waals surface area (Å²) >= 11 is 0. The quantitative estimate of drug-likeness (QED) is 0.551. The number of nitrogens with zero attached hydrogens (tertiary/aromatic N) is 2. The number of amidine groups is 1. The van der Waals surface area contributed by atoms with Crippen LogP contribution in [0.4, 0.5) is 10.1 Å². The van der Waals surface area contributed by atoms with Gasteiger partial charge in [-0.3, -0.25) is 9.69 Å². The van der Waals surface area contributed by atoms with Gasteiger partial charge in [0.15, 0.2) is 0 Å². The van der Waals surface area contributed by atoms with Crippen molar-refractivity contribution in [2.45, 2.75) is 6.92 Å². The molecule has 156 valence electrons. The van der Waals surface area contributed by atoms with Crippen molar-refractivity contribution in [3.05, 3.63) is 94.9 Å². The zero-order chi connectivity index (χ0) is 22.0. The Kier molecular flexibility index (Phi) is 5.54. The first-order chi connectivity index (χ1) is 15.0. The molecule has 1 amide bonds. The Labute approximate surface area is 180 Å². The number of amides is 1. The standard InChI is InChI=1S/C25H21FN2O3/c1-16-11-12-19(15-21(16)26)28-24(18-8-6-9-20(13-18)30-2)27-22(25(28)29)14-17-7-4-5-10-23(17)31-3/h4-15H,1-3H3. The van der Waals surface area contributed by atoms with Crippen molar-refractivity contribution in [3.63, 3.8) is 0 Å². The number of hydrogen-bond donors (Lipinski definition) is 0. The molecule has 1 aliphatic rings. The third-order valence-electron chi connectivity index (χ3n) is 5.03. The van der Waals surface area contributed by atoms with Crippen LogP contribution >= 0.6 is 0 Å². The molecule has 3 aromatic rings. The lowest BCUT2D eigenvalue weighted by Gasteiger charge is -2.19. The predicted molar refractivity (Wildman–Crippen MR) is 119 cm³/mol. The first-order valence-electron chi connectivity index (χ1n) is 9.70. The van der Waals surface area contributed by atoms with Crippen LogP contribution in [0.1, 0.15) is 16.7 Å². The zero-order valence-electron chi connectivity index (χ0n) is 17.4. The summed E-state index contributed by atoms with van der Waals surface area (Å²) in [6.07, 6.45) is 1.67. The van der Waals surface area contributed by atoms with Gasteiger partial charge in [0.1, 0.15) is 28.8 Å². The van der Waals surface area contributed by atoms with Crippen LogP contribution in [0.3, 0.4) is 0 Å². The number of benzene rings is 3. The highest BCUT2D eigenvalue weighted by atomic mass is 19.1. The summed E-state index contributed by atoms with van der Waals surface area (Å²) in [6.45, 7) is 1.68. The number of ether oxygens (including phenoxy) is 2. The third kappa shape index (κ3) is 3.92. The lowest BCUT2D eigenvalue weighted by molar-refractivity contribution is -0.113. The second kappa shape index (κ2) is 8.44. The van der Waals surface area contributed by atoms with E-state index in [1.54, 1.807) is 45.4 Å². The SMILES string of the molecule is COc1cccc(C2=NC(=Cc3ccccc3OC)C(=O)N2c2ccc(C)c(F)c2)c1. The summed E-state index contributed by atoms with van der Waals surface area (Å²) in [6, 6.07) is 19.3. The minimum absolute atomic E-state index is 0.225. The Morgan fingerprint density at radius 2 is 1.77 bits per heavy atom. The average Bonchev–Trinajstić information content (AvgIpc) is 3.12. The number of anilines is 1. The second-order valence-electron chi connectivity index (χ2n) is 7.01. The van der Waals surface area contributed by atoms with Crippen molar-refractivity contribution in [1.29, 1.82) is 0 Å². The molecule has 0 spiro atoms. The van der Waals surface area contributed by atoms with Crippen molar-refractivity contribution in [1.82, 2.24) is 0 Å². The fraction of sp³-hybridized carbons (Fsp3) is 0.120. The largest absolute Gasteiger partial charge is 0.497 e. The highest BCUT2D eigenvalue weighted by molar-refractivity contribution is 6.33. The van der Waals surface area contributed by atoms with E-state index in [4.69, 9.17) is 9.47 Å². The van der Waals surface area contributed by atoms with Crippen LogP contribution in [0, 0.1) is 12.7 Å². The van der Waals surface area contributed by atoms with Gasteiger partial charge in [0.25, 0.3) is 5.91 Å². The van der Waals surface area contributed by atoms with Gasteiger partial charge in [-0.05, 0) is 48.9 Å². The Bertz CT molecular complexity index is 1220. The first kappa shape index (κ1) is 20.3. The van der Waals surface area contributed by atoms with Crippen molar-refractivity contribution < 1.29 is 18.7 Å². The molecule has 0 unspecified atom stereocenters. The lowest BCUT2D eigenvalue weighted by atomic mass is 10.1. The van der Waals surface area contributed by atoms with E-state index in [1.165, 1.54) is 11.0 Å². The fourth-order valence-electron chi connectivity index (χ4n) is 3.37. The van der Waals surface area contributed by atoms with E-state index >= 15 is 0 Å². The van der Waals surface area contributed by atoms with Gasteiger partial charge < -0.3 is 9.47 Å². The van der Waals surface area contributed by atoms with Crippen molar-refractivity contribution in [2.24, 2.45) is 4.99 Å². The maximum atomic E-state index is 14.3. The van der Waals surface area contributed by atoms with Gasteiger partial charge in [0, 0.05) is 11.1 Å². The number of carbonyl (C=O) groups excluding carboxylic acids is 1. The van der Waals surface area contributed by atoms with Gasteiger partial charge in [-0.15, -0.1) is 0 Å². The molecule has 0 aromatic heterocycles. The first-order valence-corrected chi connectivity index (χ1v) is 9.70. The Balaban J connectivity index is 1.87. The average molecular weight is 416 g/mol. The molecule has 31 heavy (non-hydrogen) atoms. The van der Waals surface area contributed by atoms with E-state index in [0.29, 0.717) is 34.1 Å². The highest BCUT2D eigenvalue weighted by Crippen LogP contribution is 2.31. The predicted octanol–water partition coefficient (Wildman–Crippen LogP) is 4.99. The lowest BCUT2D eigenvalue weighted by Crippen LogP contribution is -2.32. The van der Waals surface area contributed by atoms with Crippen LogP contribution in [0.5, 0.6) is 11.5 Å². The number of methoxy groups -OCH3 is 2. The summed E-state index contributed by atoms with van der Waals surface area (Å²) < 4.78 is 25.0. The van der Waals surface area contributed by atoms with Crippen molar-refractivity contribution >= 4 is 23.5 Å². The summed E-state index contributed by atoms with van der Waals surface area (Å²) in [5.74, 6) is 0.906. The number of para-hydroxylation sites is 1. The van der Waals surface area contributed by atoms with E-state index in [0.717, 1.165) is 5.56 Å². The topological polar surface area (TPSA) is 51.1 Å². The van der Waals surface area contributed by atoms with Crippen molar-refractivity contribution in [2.75, 3.05) is 19.1 Å². The molecule has 0 N–H and O–H groups in total. The van der Waals surface area contributed by atoms with E-state index in [9.17, 15) is 9.18 Å². The summed E-state index contributed by atoms with van der Waals surface area (Å²) in [4.78, 5) is 19.4. The second-order valence-corrected chi connectivity index (χ2v) is 7.01. The van der Waals surface area contributed by atoms with Crippen LogP contribution in [-0.4, -0.2) is 26.0 Å². The molecule has 6 heteroatoms. The molecule has 0 saturated heterocycles. The summed E-state index contributed by atoms with van der Waals surface area (Å²) in [7, 11) is 3.14. The monoisotopic (exact) mass is 416 g/mol. The van der Waals surface area contributed by atoms with E-state index in [1.807, 2.05) is 42.5 Å². The number of rotatable bonds is 5. The molecule has 5 nitrogen and oxygen atoms in total. The zero-order valence-corrected chi connectivity index (χ0v) is 17.4. The van der Waals surface area contributed by atoms with Crippen molar-refractivity contribution in [3.8, 4) is 11.5 Å². The van der Waals surface area contributed by atoms with Crippen LogP contribution < -0.4 is 14.4 Å². The Morgan fingerprint density at radius 3 is 2.52 bits per heavy atom. The molecular weight excluding hydrogens is 395 g/mol. The number of aryl methyl sites for hydroxylation is 1. The minimum atomic E-state index is -0.391. The van der Waals surface area contributed by atoms with Gasteiger partial charge >= 0.3 is 0 Å². The fourth-order valence-corrected chi connectivity index (χ4v) is 3.37. The van der Waals surface area contributed by atoms with Gasteiger partial charge in [0.05, 0.1) is 19.9 Å². The molecule has 3 aromatic carbocycles. The Morgan fingerprint density at radius 1 is 0.968 bits per heavy atom. The number of carbonyl (C=O) groups is 1. The van der Waals surface area contributed by atoms with Crippen LogP contribution in [-0.2, 0) is 4.79 Å². The van der Waals surface area contributed by atoms with Crippen LogP contribution in [0.25, 0.3) is 6.08 Å². The molecule has 0 fully saturated rings. The van der Waals surface area contributed by atoms with Crippen LogP contribution in [0.15, 0.2) is 77.4 Å². The molecule has 1 aliphatic heterocycles. The number of hydrogen-bond acceptors (Lipinski definition) is 4. The molecular formula is C25H21FN2O3. The van der Waals surface area contributed by atoms with E-state index in [-0.39, 0.29) is 11.6 Å². The maximum Gasteiger partial charge on any atom is 0.282 e. The van der Waals surface area contributed by atoms with E-state index < -0.39 is 5.82 Å². The highest BCUT2D eigenvalue weighted by Gasteiger charge is 2.33. The minimum Gasteiger partial charge on any atom is -0.497 e. The molecule has 0 saturated carbocycles. The smallest absolute Gasteiger partial charge is 0.282 e. The molecule has 0 radical (unpaired) electrons. The van der Waals surface area contributed by atoms with Gasteiger partial charge in [-0.25, -0.2) is 9.38 Å². The van der Waals surface area contributed by atoms with Gasteiger partial charge in [-0.2, -0.15) is 0 Å². The van der Waals surface area contributed by atoms with Crippen LogP contribution in [0.2, 0.25) is 0 Å².